The molecule has 0 fully saturated rings. The molecule has 0 atom stereocenters. The molecule has 9 aromatic rings. The van der Waals surface area contributed by atoms with Gasteiger partial charge in [-0.3, -0.25) is 9.13 Å². The van der Waals surface area contributed by atoms with E-state index >= 15 is 0 Å². The van der Waals surface area contributed by atoms with Crippen LogP contribution < -0.4 is 0 Å². The fraction of sp³-hybridized carbons (Fsp3) is 0. The fourth-order valence-corrected chi connectivity index (χ4v) is 6.32. The van der Waals surface area contributed by atoms with Crippen molar-refractivity contribution >= 4 is 43.6 Å². The number of fused-ring (bicyclic) bond motifs is 6. The van der Waals surface area contributed by atoms with E-state index in [1.807, 2.05) is 42.5 Å². The molecule has 0 aliphatic heterocycles. The first-order valence-electron chi connectivity index (χ1n) is 14.6. The first kappa shape index (κ1) is 24.5. The Kier molecular flexibility index (Phi) is 5.40. The van der Waals surface area contributed by atoms with E-state index < -0.39 is 0 Å². The zero-order valence-corrected chi connectivity index (χ0v) is 23.5. The Bertz CT molecular complexity index is 2420. The molecule has 0 saturated heterocycles. The minimum atomic E-state index is 0.630. The second-order valence-electron chi connectivity index (χ2n) is 10.8. The number of aromatic nitrogens is 6. The minimum absolute atomic E-state index is 0.630. The van der Waals surface area contributed by atoms with Gasteiger partial charge in [-0.1, -0.05) is 97.1 Å². The number of hydrogen-bond acceptors (Lipinski definition) is 4. The number of hydrogen-bond donors (Lipinski definition) is 0. The molecular formula is C38H24N6. The Morgan fingerprint density at radius 1 is 0.364 bits per heavy atom. The molecule has 4 heterocycles. The third kappa shape index (κ3) is 3.75. The van der Waals surface area contributed by atoms with Gasteiger partial charge in [0, 0.05) is 45.1 Å². The Morgan fingerprint density at radius 3 is 1.34 bits per heavy atom. The van der Waals surface area contributed by atoms with Crippen molar-refractivity contribution in [2.45, 2.75) is 0 Å². The van der Waals surface area contributed by atoms with E-state index in [2.05, 4.69) is 110 Å². The van der Waals surface area contributed by atoms with Gasteiger partial charge in [-0.25, -0.2) is 19.9 Å². The molecule has 44 heavy (non-hydrogen) atoms. The van der Waals surface area contributed by atoms with Crippen LogP contribution in [-0.4, -0.2) is 29.1 Å². The molecule has 6 heteroatoms. The molecule has 0 radical (unpaired) electrons. The van der Waals surface area contributed by atoms with Crippen molar-refractivity contribution in [2.24, 2.45) is 0 Å². The second kappa shape index (κ2) is 9.71. The summed E-state index contributed by atoms with van der Waals surface area (Å²) >= 11 is 0. The normalized spacial score (nSPS) is 11.6. The van der Waals surface area contributed by atoms with Crippen molar-refractivity contribution in [1.82, 2.24) is 29.1 Å². The summed E-state index contributed by atoms with van der Waals surface area (Å²) in [5.74, 6) is 1.28. The van der Waals surface area contributed by atoms with Gasteiger partial charge in [-0.2, -0.15) is 0 Å². The van der Waals surface area contributed by atoms with Crippen LogP contribution >= 0.6 is 0 Å². The van der Waals surface area contributed by atoms with E-state index in [1.54, 1.807) is 12.4 Å². The van der Waals surface area contributed by atoms with Crippen LogP contribution in [0.2, 0.25) is 0 Å². The highest BCUT2D eigenvalue weighted by Crippen LogP contribution is 2.39. The van der Waals surface area contributed by atoms with Crippen LogP contribution in [0.15, 0.2) is 146 Å². The van der Waals surface area contributed by atoms with Gasteiger partial charge in [0.2, 0.25) is 11.9 Å². The first-order chi connectivity index (χ1) is 21.8. The van der Waals surface area contributed by atoms with Crippen molar-refractivity contribution in [2.75, 3.05) is 0 Å². The zero-order valence-electron chi connectivity index (χ0n) is 23.5. The van der Waals surface area contributed by atoms with Crippen molar-refractivity contribution in [3.05, 3.63) is 146 Å². The Morgan fingerprint density at radius 2 is 0.818 bits per heavy atom. The van der Waals surface area contributed by atoms with Gasteiger partial charge in [0.05, 0.1) is 33.5 Å². The summed E-state index contributed by atoms with van der Waals surface area (Å²) in [5, 5.41) is 4.50. The Balaban J connectivity index is 1.40. The van der Waals surface area contributed by atoms with Crippen LogP contribution in [0.5, 0.6) is 0 Å². The van der Waals surface area contributed by atoms with Gasteiger partial charge in [-0.05, 0) is 36.4 Å². The third-order valence-corrected chi connectivity index (χ3v) is 8.27. The predicted molar refractivity (Wildman–Crippen MR) is 177 cm³/mol. The highest BCUT2D eigenvalue weighted by molar-refractivity contribution is 6.18. The number of nitrogens with zero attached hydrogens (tertiary/aromatic N) is 6. The smallest absolute Gasteiger partial charge is 0.235 e. The minimum Gasteiger partial charge on any atom is -0.278 e. The SMILES string of the molecule is c1ccc(-c2cc(-c3ccccc3)nc(-n3c4ccccc4c4cc5c(cc43)c3ccccc3n5-c3ncccn3)n2)cc1. The zero-order chi connectivity index (χ0) is 29.0. The van der Waals surface area contributed by atoms with Crippen molar-refractivity contribution < 1.29 is 0 Å². The van der Waals surface area contributed by atoms with Gasteiger partial charge in [0.15, 0.2) is 0 Å². The molecule has 0 unspecified atom stereocenters. The van der Waals surface area contributed by atoms with E-state index in [4.69, 9.17) is 9.97 Å². The molecule has 0 N–H and O–H groups in total. The van der Waals surface area contributed by atoms with Gasteiger partial charge in [-0.15, -0.1) is 0 Å². The van der Waals surface area contributed by atoms with Crippen LogP contribution in [0.3, 0.4) is 0 Å². The summed E-state index contributed by atoms with van der Waals surface area (Å²) in [7, 11) is 0. The number of para-hydroxylation sites is 2. The lowest BCUT2D eigenvalue weighted by molar-refractivity contribution is 0.987. The lowest BCUT2D eigenvalue weighted by atomic mass is 10.1. The van der Waals surface area contributed by atoms with Crippen molar-refractivity contribution in [1.29, 1.82) is 0 Å². The molecule has 206 valence electrons. The van der Waals surface area contributed by atoms with E-state index in [0.717, 1.165) is 66.1 Å². The molecule has 0 aliphatic carbocycles. The topological polar surface area (TPSA) is 61.4 Å². The van der Waals surface area contributed by atoms with Gasteiger partial charge in [0.25, 0.3) is 0 Å². The molecule has 0 spiro atoms. The van der Waals surface area contributed by atoms with Gasteiger partial charge in [0.1, 0.15) is 0 Å². The summed E-state index contributed by atoms with van der Waals surface area (Å²) in [4.78, 5) is 19.6. The molecular weight excluding hydrogens is 540 g/mol. The molecule has 5 aromatic carbocycles. The molecule has 0 aliphatic rings. The fourth-order valence-electron chi connectivity index (χ4n) is 6.32. The largest absolute Gasteiger partial charge is 0.278 e. The summed E-state index contributed by atoms with van der Waals surface area (Å²) in [5.41, 5.74) is 8.04. The van der Waals surface area contributed by atoms with E-state index in [-0.39, 0.29) is 0 Å². The summed E-state index contributed by atoms with van der Waals surface area (Å²) in [6.07, 6.45) is 3.57. The van der Waals surface area contributed by atoms with Crippen LogP contribution in [0.1, 0.15) is 0 Å². The van der Waals surface area contributed by atoms with E-state index in [9.17, 15) is 0 Å². The van der Waals surface area contributed by atoms with E-state index in [1.165, 1.54) is 0 Å². The highest BCUT2D eigenvalue weighted by Gasteiger charge is 2.21. The van der Waals surface area contributed by atoms with Crippen molar-refractivity contribution in [3.8, 4) is 34.4 Å². The highest BCUT2D eigenvalue weighted by atomic mass is 15.2. The molecule has 0 saturated carbocycles. The summed E-state index contributed by atoms with van der Waals surface area (Å²) < 4.78 is 4.35. The maximum atomic E-state index is 5.19. The first-order valence-corrected chi connectivity index (χ1v) is 14.6. The average Bonchev–Trinajstić information content (AvgIpc) is 3.60. The summed E-state index contributed by atoms with van der Waals surface area (Å²) in [6.45, 7) is 0. The van der Waals surface area contributed by atoms with Crippen LogP contribution in [-0.2, 0) is 0 Å². The second-order valence-corrected chi connectivity index (χ2v) is 10.8. The molecule has 4 aromatic heterocycles. The molecule has 9 rings (SSSR count). The van der Waals surface area contributed by atoms with E-state index in [0.29, 0.717) is 11.9 Å². The average molecular weight is 565 g/mol. The summed E-state index contributed by atoms with van der Waals surface area (Å²) in [6, 6.07) is 46.0. The van der Waals surface area contributed by atoms with Gasteiger partial charge < -0.3 is 0 Å². The standard InChI is InChI=1S/C38H24N6/c1-3-12-25(13-4-1)31-24-32(26-14-5-2-6-15-26)42-38(41-31)44-34-19-10-8-17-28(34)30-22-35-29(23-36(30)44)27-16-7-9-18-33(27)43(35)37-39-20-11-21-40-37/h1-24H. The van der Waals surface area contributed by atoms with Crippen LogP contribution in [0.4, 0.5) is 0 Å². The van der Waals surface area contributed by atoms with Crippen LogP contribution in [0, 0.1) is 0 Å². The van der Waals surface area contributed by atoms with Gasteiger partial charge >= 0.3 is 0 Å². The lowest BCUT2D eigenvalue weighted by Crippen LogP contribution is -2.04. The molecule has 0 amide bonds. The third-order valence-electron chi connectivity index (χ3n) is 8.27. The molecule has 0 bridgehead atoms. The maximum Gasteiger partial charge on any atom is 0.235 e. The molecule has 6 nitrogen and oxygen atoms in total. The monoisotopic (exact) mass is 564 g/mol. The number of rotatable bonds is 4. The predicted octanol–water partition coefficient (Wildman–Crippen LogP) is 8.79. The van der Waals surface area contributed by atoms with Crippen LogP contribution in [0.25, 0.3) is 78.0 Å². The van der Waals surface area contributed by atoms with Crippen molar-refractivity contribution in [3.63, 3.8) is 0 Å². The Labute approximate surface area is 252 Å². The Hall–Kier alpha value is -6.14. The lowest BCUT2D eigenvalue weighted by Gasteiger charge is -2.12. The quantitative estimate of drug-likeness (QED) is 0.214. The maximum absolute atomic E-state index is 5.19. The number of benzene rings is 5.